The summed E-state index contributed by atoms with van der Waals surface area (Å²) in [4.78, 5) is 35.2. The number of carbonyl (C=O) groups excluding carboxylic acids is 2. The molecule has 0 unspecified atom stereocenters. The number of hydrogen-bond acceptors (Lipinski definition) is 6. The number of amides is 1. The number of rotatable bonds is 6. The highest BCUT2D eigenvalue weighted by Gasteiger charge is 2.49. The molecule has 3 aromatic rings. The topological polar surface area (TPSA) is 89.4 Å². The molecule has 0 radical (unpaired) electrons. The molecule has 8 nitrogen and oxygen atoms in total. The van der Waals surface area contributed by atoms with Gasteiger partial charge in [-0.1, -0.05) is 18.2 Å². The lowest BCUT2D eigenvalue weighted by atomic mass is 9.66. The van der Waals surface area contributed by atoms with Gasteiger partial charge in [0.25, 0.3) is 0 Å². The fourth-order valence-electron chi connectivity index (χ4n) is 5.52. The van der Waals surface area contributed by atoms with E-state index in [1.165, 1.54) is 5.56 Å². The number of allylic oxidation sites excluding steroid dienone is 1. The van der Waals surface area contributed by atoms with Crippen molar-refractivity contribution in [3.63, 3.8) is 0 Å². The highest BCUT2D eigenvalue weighted by Crippen LogP contribution is 2.55. The Morgan fingerprint density at radius 1 is 1.34 bits per heavy atom. The summed E-state index contributed by atoms with van der Waals surface area (Å²) in [5, 5.41) is 0.560. The number of halogens is 1. The van der Waals surface area contributed by atoms with Gasteiger partial charge in [-0.15, -0.1) is 0 Å². The predicted molar refractivity (Wildman–Crippen MR) is 135 cm³/mol. The molecule has 1 aliphatic carbocycles. The van der Waals surface area contributed by atoms with Gasteiger partial charge in [-0.05, 0) is 69.4 Å². The molecule has 182 valence electrons. The van der Waals surface area contributed by atoms with Crippen molar-refractivity contribution >= 4 is 40.7 Å². The van der Waals surface area contributed by atoms with Gasteiger partial charge < -0.3 is 9.64 Å². The van der Waals surface area contributed by atoms with Crippen LogP contribution in [0.25, 0.3) is 11.0 Å². The van der Waals surface area contributed by atoms with Crippen molar-refractivity contribution in [1.29, 1.82) is 0 Å². The molecule has 0 atom stereocenters. The molecule has 1 saturated carbocycles. The summed E-state index contributed by atoms with van der Waals surface area (Å²) in [5.74, 6) is 0.440. The molecule has 1 N–H and O–H groups in total. The molecule has 35 heavy (non-hydrogen) atoms. The van der Waals surface area contributed by atoms with Crippen LogP contribution >= 0.6 is 11.6 Å². The van der Waals surface area contributed by atoms with Crippen molar-refractivity contribution in [3.8, 4) is 0 Å². The van der Waals surface area contributed by atoms with E-state index in [1.807, 2.05) is 32.3 Å². The summed E-state index contributed by atoms with van der Waals surface area (Å²) in [6.45, 7) is 8.67. The molecule has 0 bridgehead atoms. The van der Waals surface area contributed by atoms with E-state index >= 15 is 0 Å². The van der Waals surface area contributed by atoms with Crippen LogP contribution in [0, 0.1) is 5.92 Å². The van der Waals surface area contributed by atoms with Crippen LogP contribution in [-0.4, -0.2) is 33.1 Å². The highest BCUT2D eigenvalue weighted by molar-refractivity contribution is 6.31. The third-order valence-electron chi connectivity index (χ3n) is 7.18. The second-order valence-corrected chi connectivity index (χ2v) is 9.95. The predicted octanol–water partition coefficient (Wildman–Crippen LogP) is 4.70. The third-order valence-corrected chi connectivity index (χ3v) is 7.41. The van der Waals surface area contributed by atoms with E-state index in [4.69, 9.17) is 21.3 Å². The van der Waals surface area contributed by atoms with Gasteiger partial charge in [0.2, 0.25) is 6.41 Å². The van der Waals surface area contributed by atoms with E-state index in [2.05, 4.69) is 28.0 Å². The molecular weight excluding hydrogens is 466 g/mol. The van der Waals surface area contributed by atoms with Gasteiger partial charge >= 0.3 is 5.97 Å². The van der Waals surface area contributed by atoms with E-state index in [1.54, 1.807) is 16.8 Å². The van der Waals surface area contributed by atoms with Crippen LogP contribution in [0.2, 0.25) is 5.02 Å². The number of aromatic nitrogens is 3. The van der Waals surface area contributed by atoms with Crippen LogP contribution in [0.15, 0.2) is 48.9 Å². The summed E-state index contributed by atoms with van der Waals surface area (Å²) in [6.07, 6.45) is 7.25. The van der Waals surface area contributed by atoms with Crippen molar-refractivity contribution < 1.29 is 14.3 Å². The minimum absolute atomic E-state index is 0.0964. The van der Waals surface area contributed by atoms with Crippen LogP contribution in [0.3, 0.4) is 0 Å². The number of ether oxygens (including phenoxy) is 1. The highest BCUT2D eigenvalue weighted by atomic mass is 35.5. The number of nitrogens with one attached hydrogen (secondary N) is 1. The molecule has 2 aromatic heterocycles. The van der Waals surface area contributed by atoms with Gasteiger partial charge in [0.15, 0.2) is 0 Å². The van der Waals surface area contributed by atoms with Crippen LogP contribution in [0.4, 0.5) is 5.69 Å². The molecule has 1 aliphatic heterocycles. The smallest absolute Gasteiger partial charge is 0.309 e. The normalized spacial score (nSPS) is 21.5. The Morgan fingerprint density at radius 2 is 2.11 bits per heavy atom. The van der Waals surface area contributed by atoms with Gasteiger partial charge in [-0.3, -0.25) is 20.0 Å². The second kappa shape index (κ2) is 9.00. The summed E-state index contributed by atoms with van der Waals surface area (Å²) in [7, 11) is 0. The lowest BCUT2D eigenvalue weighted by molar-refractivity contribution is -0.153. The Labute approximate surface area is 208 Å². The number of pyridine rings is 1. The number of benzene rings is 1. The van der Waals surface area contributed by atoms with E-state index in [0.717, 1.165) is 48.1 Å². The SMILES string of the molecule is C=C1N(Cc2nc3ccc(Cl)cc3n2NC=O)c2cnccc2C12CCC(C(=O)OC(C)C)CC2. The van der Waals surface area contributed by atoms with Gasteiger partial charge in [-0.25, -0.2) is 9.66 Å². The van der Waals surface area contributed by atoms with Gasteiger partial charge in [0.1, 0.15) is 5.82 Å². The van der Waals surface area contributed by atoms with E-state index in [-0.39, 0.29) is 23.4 Å². The first-order valence-corrected chi connectivity index (χ1v) is 12.2. The van der Waals surface area contributed by atoms with Crippen LogP contribution < -0.4 is 10.3 Å². The maximum Gasteiger partial charge on any atom is 0.309 e. The molecule has 0 saturated heterocycles. The summed E-state index contributed by atoms with van der Waals surface area (Å²) in [6, 6.07) is 7.44. The summed E-state index contributed by atoms with van der Waals surface area (Å²) < 4.78 is 7.13. The molecule has 2 aliphatic rings. The Morgan fingerprint density at radius 3 is 2.83 bits per heavy atom. The zero-order valence-electron chi connectivity index (χ0n) is 19.8. The van der Waals surface area contributed by atoms with Crippen molar-refractivity contribution in [2.45, 2.75) is 57.6 Å². The lowest BCUT2D eigenvalue weighted by Crippen LogP contribution is -2.37. The number of fused-ring (bicyclic) bond motifs is 3. The van der Waals surface area contributed by atoms with E-state index in [0.29, 0.717) is 23.8 Å². The number of imidazole rings is 1. The number of nitrogens with zero attached hydrogens (tertiary/aromatic N) is 4. The largest absolute Gasteiger partial charge is 0.463 e. The van der Waals surface area contributed by atoms with Gasteiger partial charge in [0.05, 0.1) is 41.5 Å². The van der Waals surface area contributed by atoms with Crippen LogP contribution in [0.5, 0.6) is 0 Å². The average molecular weight is 494 g/mol. The maximum absolute atomic E-state index is 12.5. The van der Waals surface area contributed by atoms with Gasteiger partial charge in [0, 0.05) is 22.3 Å². The van der Waals surface area contributed by atoms with E-state index in [9.17, 15) is 9.59 Å². The number of anilines is 1. The summed E-state index contributed by atoms with van der Waals surface area (Å²) >= 11 is 6.20. The first-order valence-electron chi connectivity index (χ1n) is 11.8. The quantitative estimate of drug-likeness (QED) is 0.395. The standard InChI is InChI=1S/C26H28ClN5O3/c1-16(2)35-25(34)18-6-9-26(10-7-18)17(3)31(23-13-28-11-8-20(23)26)14-24-30-21-5-4-19(27)12-22(21)32(24)29-15-33/h4-5,8,11-13,15-16,18H,3,6-7,9-10,14H2,1-2H3,(H,29,33). The molecule has 3 heterocycles. The molecule has 5 rings (SSSR count). The molecule has 9 heteroatoms. The van der Waals surface area contributed by atoms with Crippen LogP contribution in [-0.2, 0) is 26.3 Å². The lowest BCUT2D eigenvalue weighted by Gasteiger charge is -2.38. The fraction of sp³-hybridized carbons (Fsp3) is 0.385. The Kier molecular flexibility index (Phi) is 6.01. The first-order chi connectivity index (χ1) is 16.8. The molecule has 1 fully saturated rings. The minimum Gasteiger partial charge on any atom is -0.463 e. The van der Waals surface area contributed by atoms with Crippen molar-refractivity contribution in [3.05, 3.63) is 65.3 Å². The van der Waals surface area contributed by atoms with Crippen molar-refractivity contribution in [2.24, 2.45) is 5.92 Å². The summed E-state index contributed by atoms with van der Waals surface area (Å²) in [5.41, 5.74) is 7.01. The Bertz CT molecular complexity index is 1310. The van der Waals surface area contributed by atoms with Crippen molar-refractivity contribution in [1.82, 2.24) is 14.6 Å². The Hall–Kier alpha value is -3.39. The number of carbonyl (C=O) groups is 2. The maximum atomic E-state index is 12.5. The number of esters is 1. The Balaban J connectivity index is 1.47. The second-order valence-electron chi connectivity index (χ2n) is 9.51. The van der Waals surface area contributed by atoms with Gasteiger partial charge in [-0.2, -0.15) is 0 Å². The molecule has 1 amide bonds. The first kappa shape index (κ1) is 23.4. The zero-order valence-corrected chi connectivity index (χ0v) is 20.6. The molecule has 1 aromatic carbocycles. The minimum atomic E-state index is -0.273. The monoisotopic (exact) mass is 493 g/mol. The molecule has 1 spiro atoms. The average Bonchev–Trinajstić information content (AvgIpc) is 3.28. The van der Waals surface area contributed by atoms with Crippen molar-refractivity contribution in [2.75, 3.05) is 10.3 Å². The molecular formula is C26H28ClN5O3. The third kappa shape index (κ3) is 3.95. The number of hydrogen-bond donors (Lipinski definition) is 1. The van der Waals surface area contributed by atoms with E-state index < -0.39 is 0 Å². The zero-order chi connectivity index (χ0) is 24.7. The van der Waals surface area contributed by atoms with Crippen LogP contribution in [0.1, 0.15) is 50.9 Å². The fourth-order valence-corrected chi connectivity index (χ4v) is 5.69.